The molecule has 1 fully saturated rings. The Balaban J connectivity index is 0.000000319. The number of carbonyl (C=O) groups is 1. The number of halogens is 5. The molecular formula is C25H34ClF4N5O. The predicted molar refractivity (Wildman–Crippen MR) is 134 cm³/mol. The second-order valence-electron chi connectivity index (χ2n) is 8.63. The minimum absolute atomic E-state index is 0.123. The fourth-order valence-corrected chi connectivity index (χ4v) is 4.24. The van der Waals surface area contributed by atoms with E-state index in [-0.39, 0.29) is 17.7 Å². The number of amides is 1. The summed E-state index contributed by atoms with van der Waals surface area (Å²) in [5, 5.41) is 5.88. The first-order valence-electron chi connectivity index (χ1n) is 12.1. The molecule has 2 aromatic rings. The van der Waals surface area contributed by atoms with Crippen LogP contribution in [0.3, 0.4) is 0 Å². The smallest absolute Gasteiger partial charge is 0.366 e. The van der Waals surface area contributed by atoms with E-state index < -0.39 is 18.5 Å². The Morgan fingerprint density at radius 1 is 1.25 bits per heavy atom. The normalized spacial score (nSPS) is 15.4. The third-order valence-corrected chi connectivity index (χ3v) is 6.05. The van der Waals surface area contributed by atoms with Crippen LogP contribution < -0.4 is 10.6 Å². The first-order chi connectivity index (χ1) is 17.1. The summed E-state index contributed by atoms with van der Waals surface area (Å²) in [6.07, 6.45) is -0.932. The van der Waals surface area contributed by atoms with Crippen LogP contribution in [0.1, 0.15) is 56.0 Å². The van der Waals surface area contributed by atoms with Crippen LogP contribution in [0.5, 0.6) is 0 Å². The molecule has 6 nitrogen and oxygen atoms in total. The maximum absolute atomic E-state index is 12.8. The van der Waals surface area contributed by atoms with Crippen LogP contribution in [-0.2, 0) is 30.4 Å². The molecule has 0 radical (unpaired) electrons. The monoisotopic (exact) mass is 531 g/mol. The Kier molecular flexibility index (Phi) is 11.8. The maximum atomic E-state index is 12.8. The molecule has 36 heavy (non-hydrogen) atoms. The van der Waals surface area contributed by atoms with Crippen molar-refractivity contribution < 1.29 is 22.4 Å². The average molecular weight is 532 g/mol. The number of aryl methyl sites for hydroxylation is 1. The molecule has 1 amide bonds. The van der Waals surface area contributed by atoms with Crippen molar-refractivity contribution in [3.63, 3.8) is 0 Å². The van der Waals surface area contributed by atoms with Gasteiger partial charge in [-0.3, -0.25) is 10.1 Å². The Morgan fingerprint density at radius 2 is 2.00 bits per heavy atom. The van der Waals surface area contributed by atoms with Crippen LogP contribution in [0.4, 0.5) is 23.4 Å². The lowest BCUT2D eigenvalue weighted by atomic mass is 10.1. The van der Waals surface area contributed by atoms with E-state index in [1.165, 1.54) is 6.07 Å². The molecule has 1 unspecified atom stereocenters. The summed E-state index contributed by atoms with van der Waals surface area (Å²) in [6, 6.07) is 5.23. The highest BCUT2D eigenvalue weighted by molar-refractivity contribution is 6.28. The molecule has 0 aliphatic carbocycles. The number of nitrogens with zero attached hydrogens (tertiary/aromatic N) is 3. The lowest BCUT2D eigenvalue weighted by Crippen LogP contribution is -2.28. The van der Waals surface area contributed by atoms with Gasteiger partial charge in [0.05, 0.1) is 11.3 Å². The van der Waals surface area contributed by atoms with Gasteiger partial charge in [0.1, 0.15) is 12.6 Å². The molecule has 1 aliphatic heterocycles. The number of aromatic nitrogens is 2. The molecule has 2 N–H and O–H groups in total. The zero-order chi connectivity index (χ0) is 26.7. The highest BCUT2D eigenvalue weighted by Crippen LogP contribution is 2.30. The summed E-state index contributed by atoms with van der Waals surface area (Å²) in [5.74, 6) is 1.14. The van der Waals surface area contributed by atoms with Gasteiger partial charge in [0.25, 0.3) is 0 Å². The number of nitrogens with one attached hydrogen (secondary N) is 2. The molecule has 11 heteroatoms. The topological polar surface area (TPSA) is 70.2 Å². The summed E-state index contributed by atoms with van der Waals surface area (Å²) in [4.78, 5) is 21.2. The minimum atomic E-state index is -4.35. The molecule has 3 rings (SSSR count). The van der Waals surface area contributed by atoms with Crippen molar-refractivity contribution in [3.05, 3.63) is 51.9 Å². The first-order valence-corrected chi connectivity index (χ1v) is 12.4. The molecular weight excluding hydrogens is 498 g/mol. The zero-order valence-electron chi connectivity index (χ0n) is 20.9. The van der Waals surface area contributed by atoms with E-state index in [4.69, 9.17) is 11.6 Å². The van der Waals surface area contributed by atoms with Gasteiger partial charge in [-0.15, -0.1) is 0 Å². The van der Waals surface area contributed by atoms with Crippen LogP contribution in [0.2, 0.25) is 5.28 Å². The summed E-state index contributed by atoms with van der Waals surface area (Å²) in [6.45, 7) is 7.65. The standard InChI is InChI=1S/C17H19ClF3N3.C8H15FN2O/c1-3-6-14-13(4-2)15(24-16(18)23-14)22-10-11-7-5-8-12(9-11)17(19,20)21;1-7(12)11-3-2-8(5-11)4-10-6-9/h5,7-9H,3-4,6,10H2,1-2H3,(H,22,23,24);8,10H,2-6H2,1H3. The zero-order valence-corrected chi connectivity index (χ0v) is 21.6. The minimum Gasteiger partial charge on any atom is -0.366 e. The van der Waals surface area contributed by atoms with Gasteiger partial charge in [-0.2, -0.15) is 13.2 Å². The van der Waals surface area contributed by atoms with Crippen molar-refractivity contribution in [2.24, 2.45) is 5.92 Å². The Hall–Kier alpha value is -2.46. The quantitative estimate of drug-likeness (QED) is 0.249. The van der Waals surface area contributed by atoms with E-state index in [0.29, 0.717) is 23.8 Å². The van der Waals surface area contributed by atoms with Gasteiger partial charge in [-0.25, -0.2) is 14.4 Å². The fourth-order valence-electron chi connectivity index (χ4n) is 4.05. The number of likely N-dealkylation sites (tertiary alicyclic amines) is 1. The van der Waals surface area contributed by atoms with E-state index in [0.717, 1.165) is 62.2 Å². The summed E-state index contributed by atoms with van der Waals surface area (Å²) in [5.41, 5.74) is 1.70. The lowest BCUT2D eigenvalue weighted by molar-refractivity contribution is -0.137. The van der Waals surface area contributed by atoms with Gasteiger partial charge < -0.3 is 10.2 Å². The number of carbonyl (C=O) groups excluding carboxylic acids is 1. The van der Waals surface area contributed by atoms with E-state index >= 15 is 0 Å². The van der Waals surface area contributed by atoms with E-state index in [1.54, 1.807) is 13.0 Å². The maximum Gasteiger partial charge on any atom is 0.416 e. The van der Waals surface area contributed by atoms with Gasteiger partial charge >= 0.3 is 6.18 Å². The molecule has 1 aromatic heterocycles. The molecule has 1 saturated heterocycles. The number of rotatable bonds is 9. The number of benzene rings is 1. The average Bonchev–Trinajstić information content (AvgIpc) is 3.31. The van der Waals surface area contributed by atoms with Crippen molar-refractivity contribution in [2.75, 3.05) is 31.7 Å². The molecule has 200 valence electrons. The van der Waals surface area contributed by atoms with Crippen molar-refractivity contribution in [3.8, 4) is 0 Å². The second-order valence-corrected chi connectivity index (χ2v) is 8.97. The SMILES string of the molecule is CC(=O)N1CCC(CNCF)C1.CCCc1nc(Cl)nc(NCc2cccc(C(F)(F)F)c2)c1CC. The van der Waals surface area contributed by atoms with Crippen molar-refractivity contribution in [2.45, 2.75) is 59.2 Å². The van der Waals surface area contributed by atoms with Crippen LogP contribution >= 0.6 is 11.6 Å². The van der Waals surface area contributed by atoms with Gasteiger partial charge in [-0.1, -0.05) is 32.4 Å². The van der Waals surface area contributed by atoms with Crippen molar-refractivity contribution in [1.29, 1.82) is 0 Å². The highest BCUT2D eigenvalue weighted by atomic mass is 35.5. The number of hydrogen-bond acceptors (Lipinski definition) is 5. The molecule has 1 aromatic carbocycles. The second kappa shape index (κ2) is 14.3. The lowest BCUT2D eigenvalue weighted by Gasteiger charge is -2.14. The Labute approximate surface area is 214 Å². The van der Waals surface area contributed by atoms with Gasteiger partial charge in [0, 0.05) is 38.7 Å². The van der Waals surface area contributed by atoms with Crippen LogP contribution in [0, 0.1) is 5.92 Å². The third-order valence-electron chi connectivity index (χ3n) is 5.88. The molecule has 1 aliphatic rings. The predicted octanol–water partition coefficient (Wildman–Crippen LogP) is 5.65. The molecule has 2 heterocycles. The largest absolute Gasteiger partial charge is 0.416 e. The van der Waals surface area contributed by atoms with Gasteiger partial charge in [0.15, 0.2) is 0 Å². The number of anilines is 1. The Morgan fingerprint density at radius 3 is 2.58 bits per heavy atom. The molecule has 0 bridgehead atoms. The van der Waals surface area contributed by atoms with E-state index in [2.05, 4.69) is 20.6 Å². The number of alkyl halides is 4. The van der Waals surface area contributed by atoms with E-state index in [1.807, 2.05) is 18.7 Å². The highest BCUT2D eigenvalue weighted by Gasteiger charge is 2.30. The summed E-state index contributed by atoms with van der Waals surface area (Å²) < 4.78 is 50.1. The van der Waals surface area contributed by atoms with E-state index in [9.17, 15) is 22.4 Å². The van der Waals surface area contributed by atoms with Gasteiger partial charge in [0.2, 0.25) is 11.2 Å². The van der Waals surface area contributed by atoms with Crippen molar-refractivity contribution in [1.82, 2.24) is 20.2 Å². The summed E-state index contributed by atoms with van der Waals surface area (Å²) in [7, 11) is 0. The number of hydrogen-bond donors (Lipinski definition) is 2. The summed E-state index contributed by atoms with van der Waals surface area (Å²) >= 11 is 5.97. The van der Waals surface area contributed by atoms with Crippen molar-refractivity contribution >= 4 is 23.3 Å². The molecule has 0 saturated carbocycles. The van der Waals surface area contributed by atoms with Crippen LogP contribution in [0.15, 0.2) is 24.3 Å². The van der Waals surface area contributed by atoms with Crippen LogP contribution in [0.25, 0.3) is 0 Å². The molecule has 0 spiro atoms. The Bertz CT molecular complexity index is 989. The fraction of sp³-hybridized carbons (Fsp3) is 0.560. The first kappa shape index (κ1) is 29.8. The molecule has 1 atom stereocenters. The van der Waals surface area contributed by atoms with Crippen LogP contribution in [-0.4, -0.2) is 47.2 Å². The third kappa shape index (κ3) is 9.20. The van der Waals surface area contributed by atoms with Gasteiger partial charge in [-0.05, 0) is 54.5 Å².